The summed E-state index contributed by atoms with van der Waals surface area (Å²) in [6.07, 6.45) is 1.58. The molecular weight excluding hydrogens is 240 g/mol. The van der Waals surface area contributed by atoms with Crippen molar-refractivity contribution in [3.63, 3.8) is 0 Å². The molecule has 102 valence electrons. The Morgan fingerprint density at radius 2 is 2.21 bits per heavy atom. The predicted octanol–water partition coefficient (Wildman–Crippen LogP) is 2.02. The van der Waals surface area contributed by atoms with Gasteiger partial charge in [0, 0.05) is 6.07 Å². The molecule has 0 aliphatic heterocycles. The van der Waals surface area contributed by atoms with E-state index in [9.17, 15) is 0 Å². The van der Waals surface area contributed by atoms with Gasteiger partial charge in [0.1, 0.15) is 17.9 Å². The smallest absolute Gasteiger partial charge is 0.146 e. The third kappa shape index (κ3) is 3.54. The van der Waals surface area contributed by atoms with Gasteiger partial charge in [-0.15, -0.1) is 0 Å². The fourth-order valence-corrected chi connectivity index (χ4v) is 1.82. The molecule has 0 bridgehead atoms. The zero-order chi connectivity index (χ0) is 13.7. The third-order valence-electron chi connectivity index (χ3n) is 2.75. The van der Waals surface area contributed by atoms with Crippen LogP contribution in [-0.2, 0) is 6.54 Å². The summed E-state index contributed by atoms with van der Waals surface area (Å²) in [5.74, 6) is 2.33. The van der Waals surface area contributed by atoms with Gasteiger partial charge >= 0.3 is 0 Å². The summed E-state index contributed by atoms with van der Waals surface area (Å²) in [6, 6.07) is 7.79. The van der Waals surface area contributed by atoms with Crippen LogP contribution < -0.4 is 10.1 Å². The van der Waals surface area contributed by atoms with Gasteiger partial charge in [-0.3, -0.25) is 0 Å². The normalized spacial score (nSPS) is 10.9. The molecule has 0 saturated carbocycles. The van der Waals surface area contributed by atoms with Crippen LogP contribution in [0.1, 0.15) is 19.7 Å². The van der Waals surface area contributed by atoms with Gasteiger partial charge in [0.15, 0.2) is 0 Å². The second-order valence-electron chi connectivity index (χ2n) is 4.81. The first kappa shape index (κ1) is 13.5. The van der Waals surface area contributed by atoms with E-state index >= 15 is 0 Å². The van der Waals surface area contributed by atoms with E-state index in [1.54, 1.807) is 13.4 Å². The molecule has 0 amide bonds. The highest BCUT2D eigenvalue weighted by Crippen LogP contribution is 2.16. The number of hydrogen-bond acceptors (Lipinski definition) is 4. The summed E-state index contributed by atoms with van der Waals surface area (Å²) >= 11 is 0. The zero-order valence-electron chi connectivity index (χ0n) is 11.6. The maximum Gasteiger partial charge on any atom is 0.146 e. The minimum Gasteiger partial charge on any atom is -0.497 e. The summed E-state index contributed by atoms with van der Waals surface area (Å²) in [5.41, 5.74) is 0.957. The highest BCUT2D eigenvalue weighted by atomic mass is 16.5. The van der Waals surface area contributed by atoms with Crippen LogP contribution in [0.3, 0.4) is 0 Å². The Bertz CT molecular complexity index is 522. The number of methoxy groups -OCH3 is 1. The van der Waals surface area contributed by atoms with Crippen molar-refractivity contribution in [2.75, 3.05) is 13.7 Å². The highest BCUT2D eigenvalue weighted by molar-refractivity contribution is 5.38. The van der Waals surface area contributed by atoms with Gasteiger partial charge in [0.2, 0.25) is 0 Å². The molecule has 0 saturated heterocycles. The van der Waals surface area contributed by atoms with Crippen LogP contribution in [0.15, 0.2) is 30.6 Å². The van der Waals surface area contributed by atoms with E-state index in [0.717, 1.165) is 23.8 Å². The Labute approximate surface area is 113 Å². The molecule has 0 atom stereocenters. The SMILES string of the molecule is COc1cccc(-n2ncnc2CNCC(C)C)c1. The van der Waals surface area contributed by atoms with Gasteiger partial charge in [-0.1, -0.05) is 19.9 Å². The Balaban J connectivity index is 2.14. The van der Waals surface area contributed by atoms with Gasteiger partial charge in [-0.05, 0) is 24.6 Å². The largest absolute Gasteiger partial charge is 0.497 e. The molecule has 5 heteroatoms. The molecule has 19 heavy (non-hydrogen) atoms. The van der Waals surface area contributed by atoms with Crippen LogP contribution in [0.2, 0.25) is 0 Å². The maximum absolute atomic E-state index is 5.23. The van der Waals surface area contributed by atoms with Crippen molar-refractivity contribution in [3.05, 3.63) is 36.4 Å². The van der Waals surface area contributed by atoms with E-state index in [1.807, 2.05) is 28.9 Å². The minimum absolute atomic E-state index is 0.619. The van der Waals surface area contributed by atoms with Crippen molar-refractivity contribution < 1.29 is 4.74 Å². The average Bonchev–Trinajstić information content (AvgIpc) is 2.87. The molecule has 2 rings (SSSR count). The average molecular weight is 260 g/mol. The monoisotopic (exact) mass is 260 g/mol. The molecule has 0 spiro atoms. The first-order chi connectivity index (χ1) is 9.20. The van der Waals surface area contributed by atoms with E-state index in [1.165, 1.54) is 0 Å². The fourth-order valence-electron chi connectivity index (χ4n) is 1.82. The molecule has 0 radical (unpaired) electrons. The van der Waals surface area contributed by atoms with Crippen LogP contribution in [0.4, 0.5) is 0 Å². The summed E-state index contributed by atoms with van der Waals surface area (Å²) in [7, 11) is 1.66. The molecule has 1 N–H and O–H groups in total. The molecule has 0 aliphatic rings. The van der Waals surface area contributed by atoms with Gasteiger partial charge in [0.05, 0.1) is 19.3 Å². The van der Waals surface area contributed by atoms with Gasteiger partial charge in [-0.25, -0.2) is 9.67 Å². The molecule has 2 aromatic rings. The second kappa shape index (κ2) is 6.33. The van der Waals surface area contributed by atoms with Crippen LogP contribution in [0, 0.1) is 5.92 Å². The number of ether oxygens (including phenoxy) is 1. The standard InChI is InChI=1S/C14H20N4O/c1-11(2)8-15-9-14-16-10-17-18(14)12-5-4-6-13(7-12)19-3/h4-7,10-11,15H,8-9H2,1-3H3. The summed E-state index contributed by atoms with van der Waals surface area (Å²) in [6.45, 7) is 6.03. The number of nitrogens with zero attached hydrogens (tertiary/aromatic N) is 3. The molecular formula is C14H20N4O. The van der Waals surface area contributed by atoms with Crippen LogP contribution in [0.25, 0.3) is 5.69 Å². The molecule has 1 aromatic carbocycles. The molecule has 0 aliphatic carbocycles. The van der Waals surface area contributed by atoms with E-state index in [4.69, 9.17) is 4.74 Å². The molecule has 5 nitrogen and oxygen atoms in total. The Morgan fingerprint density at radius 1 is 1.37 bits per heavy atom. The summed E-state index contributed by atoms with van der Waals surface area (Å²) in [4.78, 5) is 4.29. The first-order valence-electron chi connectivity index (χ1n) is 6.44. The van der Waals surface area contributed by atoms with E-state index < -0.39 is 0 Å². The van der Waals surface area contributed by atoms with Crippen molar-refractivity contribution in [1.29, 1.82) is 0 Å². The lowest BCUT2D eigenvalue weighted by molar-refractivity contribution is 0.414. The van der Waals surface area contributed by atoms with E-state index in [0.29, 0.717) is 12.5 Å². The quantitative estimate of drug-likeness (QED) is 0.863. The maximum atomic E-state index is 5.23. The first-order valence-corrected chi connectivity index (χ1v) is 6.44. The zero-order valence-corrected chi connectivity index (χ0v) is 11.6. The van der Waals surface area contributed by atoms with Crippen LogP contribution >= 0.6 is 0 Å². The predicted molar refractivity (Wildman–Crippen MR) is 74.5 cm³/mol. The summed E-state index contributed by atoms with van der Waals surface area (Å²) in [5, 5.41) is 7.64. The minimum atomic E-state index is 0.619. The van der Waals surface area contributed by atoms with Crippen molar-refractivity contribution in [1.82, 2.24) is 20.1 Å². The Hall–Kier alpha value is -1.88. The number of benzene rings is 1. The van der Waals surface area contributed by atoms with Gasteiger partial charge in [-0.2, -0.15) is 5.10 Å². The number of hydrogen-bond donors (Lipinski definition) is 1. The molecule has 1 heterocycles. The van der Waals surface area contributed by atoms with Gasteiger partial charge < -0.3 is 10.1 Å². The van der Waals surface area contributed by atoms with Crippen molar-refractivity contribution in [2.45, 2.75) is 20.4 Å². The van der Waals surface area contributed by atoms with E-state index in [-0.39, 0.29) is 0 Å². The van der Waals surface area contributed by atoms with Crippen molar-refractivity contribution in [2.24, 2.45) is 5.92 Å². The lowest BCUT2D eigenvalue weighted by atomic mass is 10.2. The van der Waals surface area contributed by atoms with E-state index in [2.05, 4.69) is 29.2 Å². The topological polar surface area (TPSA) is 52.0 Å². The third-order valence-corrected chi connectivity index (χ3v) is 2.75. The van der Waals surface area contributed by atoms with Crippen molar-refractivity contribution in [3.8, 4) is 11.4 Å². The Morgan fingerprint density at radius 3 is 2.95 bits per heavy atom. The van der Waals surface area contributed by atoms with Crippen LogP contribution in [-0.4, -0.2) is 28.4 Å². The Kier molecular flexibility index (Phi) is 4.52. The number of rotatable bonds is 6. The van der Waals surface area contributed by atoms with Crippen LogP contribution in [0.5, 0.6) is 5.75 Å². The van der Waals surface area contributed by atoms with Gasteiger partial charge in [0.25, 0.3) is 0 Å². The number of nitrogens with one attached hydrogen (secondary N) is 1. The fraction of sp³-hybridized carbons (Fsp3) is 0.429. The molecule has 0 unspecified atom stereocenters. The lowest BCUT2D eigenvalue weighted by Gasteiger charge is -2.09. The highest BCUT2D eigenvalue weighted by Gasteiger charge is 2.07. The number of aromatic nitrogens is 3. The van der Waals surface area contributed by atoms with Crippen molar-refractivity contribution >= 4 is 0 Å². The summed E-state index contributed by atoms with van der Waals surface area (Å²) < 4.78 is 7.06. The molecule has 1 aromatic heterocycles. The lowest BCUT2D eigenvalue weighted by Crippen LogP contribution is -2.21. The molecule has 0 fully saturated rings. The second-order valence-corrected chi connectivity index (χ2v) is 4.81.